The lowest BCUT2D eigenvalue weighted by molar-refractivity contribution is -0.133. The van der Waals surface area contributed by atoms with Gasteiger partial charge in [-0.25, -0.2) is 0 Å². The van der Waals surface area contributed by atoms with E-state index < -0.39 is 0 Å². The molecule has 2 heterocycles. The van der Waals surface area contributed by atoms with Gasteiger partial charge in [0.15, 0.2) is 0 Å². The normalized spacial score (nSPS) is 16.6. The van der Waals surface area contributed by atoms with Crippen molar-refractivity contribution in [2.75, 3.05) is 26.2 Å². The second-order valence-electron chi connectivity index (χ2n) is 5.08. The monoisotopic (exact) mass is 261 g/mol. The molecule has 0 radical (unpaired) electrons. The molecule has 0 spiro atoms. The SMILES string of the molecule is CCCCC(=O)N1CCN(Cc2ccccn2)CC1. The summed E-state index contributed by atoms with van der Waals surface area (Å²) in [4.78, 5) is 20.6. The van der Waals surface area contributed by atoms with Gasteiger partial charge in [-0.15, -0.1) is 0 Å². The van der Waals surface area contributed by atoms with Crippen molar-refractivity contribution in [2.45, 2.75) is 32.7 Å². The standard InChI is InChI=1S/C15H23N3O/c1-2-3-7-15(19)18-11-9-17(10-12-18)13-14-6-4-5-8-16-14/h4-6,8H,2-3,7,9-13H2,1H3. The molecule has 0 bridgehead atoms. The van der Waals surface area contributed by atoms with Crippen molar-refractivity contribution in [3.63, 3.8) is 0 Å². The lowest BCUT2D eigenvalue weighted by atomic mass is 10.2. The predicted molar refractivity (Wildman–Crippen MR) is 75.6 cm³/mol. The highest BCUT2D eigenvalue weighted by Gasteiger charge is 2.20. The Morgan fingerprint density at radius 1 is 1.26 bits per heavy atom. The van der Waals surface area contributed by atoms with Gasteiger partial charge in [-0.3, -0.25) is 14.7 Å². The van der Waals surface area contributed by atoms with E-state index in [1.165, 1.54) is 0 Å². The Morgan fingerprint density at radius 2 is 2.05 bits per heavy atom. The fourth-order valence-electron chi connectivity index (χ4n) is 2.36. The molecule has 0 aliphatic carbocycles. The highest BCUT2D eigenvalue weighted by molar-refractivity contribution is 5.76. The number of pyridine rings is 1. The minimum Gasteiger partial charge on any atom is -0.340 e. The number of aromatic nitrogens is 1. The maximum Gasteiger partial charge on any atom is 0.222 e. The molecular weight excluding hydrogens is 238 g/mol. The zero-order valence-corrected chi connectivity index (χ0v) is 11.7. The number of rotatable bonds is 5. The number of carbonyl (C=O) groups is 1. The van der Waals surface area contributed by atoms with Crippen molar-refractivity contribution in [1.82, 2.24) is 14.8 Å². The van der Waals surface area contributed by atoms with Gasteiger partial charge in [-0.1, -0.05) is 19.4 Å². The molecule has 0 atom stereocenters. The van der Waals surface area contributed by atoms with Crippen LogP contribution in [0.1, 0.15) is 31.9 Å². The summed E-state index contributed by atoms with van der Waals surface area (Å²) in [7, 11) is 0. The van der Waals surface area contributed by atoms with Gasteiger partial charge in [-0.2, -0.15) is 0 Å². The fourth-order valence-corrected chi connectivity index (χ4v) is 2.36. The summed E-state index contributed by atoms with van der Waals surface area (Å²) >= 11 is 0. The number of carbonyl (C=O) groups excluding carboxylic acids is 1. The fraction of sp³-hybridized carbons (Fsp3) is 0.600. The number of unbranched alkanes of at least 4 members (excludes halogenated alkanes) is 1. The number of hydrogen-bond acceptors (Lipinski definition) is 3. The van der Waals surface area contributed by atoms with Crippen LogP contribution in [0.3, 0.4) is 0 Å². The Balaban J connectivity index is 1.75. The first-order valence-electron chi connectivity index (χ1n) is 7.19. The third kappa shape index (κ3) is 4.31. The molecule has 0 unspecified atom stereocenters. The Hall–Kier alpha value is -1.42. The molecule has 1 aliphatic rings. The Labute approximate surface area is 115 Å². The predicted octanol–water partition coefficient (Wildman–Crippen LogP) is 1.92. The van der Waals surface area contributed by atoms with E-state index >= 15 is 0 Å². The maximum absolute atomic E-state index is 11.9. The van der Waals surface area contributed by atoms with E-state index in [4.69, 9.17) is 0 Å². The van der Waals surface area contributed by atoms with Crippen molar-refractivity contribution in [3.05, 3.63) is 30.1 Å². The lowest BCUT2D eigenvalue weighted by Gasteiger charge is -2.34. The quantitative estimate of drug-likeness (QED) is 0.812. The second-order valence-corrected chi connectivity index (χ2v) is 5.08. The number of nitrogens with zero attached hydrogens (tertiary/aromatic N) is 3. The summed E-state index contributed by atoms with van der Waals surface area (Å²) in [6.07, 6.45) is 4.63. The molecule has 19 heavy (non-hydrogen) atoms. The first-order valence-corrected chi connectivity index (χ1v) is 7.19. The van der Waals surface area contributed by atoms with Gasteiger partial charge < -0.3 is 4.90 Å². The third-order valence-electron chi connectivity index (χ3n) is 3.58. The molecule has 1 fully saturated rings. The summed E-state index contributed by atoms with van der Waals surface area (Å²) < 4.78 is 0. The highest BCUT2D eigenvalue weighted by Crippen LogP contribution is 2.08. The minimum absolute atomic E-state index is 0.319. The van der Waals surface area contributed by atoms with Crippen LogP contribution in [0.25, 0.3) is 0 Å². The largest absolute Gasteiger partial charge is 0.340 e. The molecule has 1 aromatic heterocycles. The maximum atomic E-state index is 11.9. The van der Waals surface area contributed by atoms with E-state index in [0.717, 1.165) is 51.3 Å². The van der Waals surface area contributed by atoms with Gasteiger partial charge in [-0.05, 0) is 18.6 Å². The van der Waals surface area contributed by atoms with E-state index in [0.29, 0.717) is 12.3 Å². The van der Waals surface area contributed by atoms with Crippen LogP contribution in [-0.2, 0) is 11.3 Å². The number of hydrogen-bond donors (Lipinski definition) is 0. The Kier molecular flexibility index (Phi) is 5.33. The third-order valence-corrected chi connectivity index (χ3v) is 3.58. The van der Waals surface area contributed by atoms with E-state index in [9.17, 15) is 4.79 Å². The summed E-state index contributed by atoms with van der Waals surface area (Å²) in [6.45, 7) is 6.63. The highest BCUT2D eigenvalue weighted by atomic mass is 16.2. The van der Waals surface area contributed by atoms with E-state index in [1.54, 1.807) is 0 Å². The Morgan fingerprint density at radius 3 is 2.68 bits per heavy atom. The average Bonchev–Trinajstić information content (AvgIpc) is 2.46. The van der Waals surface area contributed by atoms with Gasteiger partial charge in [0, 0.05) is 45.3 Å². The zero-order chi connectivity index (χ0) is 13.5. The Bertz CT molecular complexity index is 386. The van der Waals surface area contributed by atoms with Gasteiger partial charge in [0.2, 0.25) is 5.91 Å². The van der Waals surface area contributed by atoms with Crippen LogP contribution in [-0.4, -0.2) is 46.9 Å². The van der Waals surface area contributed by atoms with Gasteiger partial charge in [0.25, 0.3) is 0 Å². The van der Waals surface area contributed by atoms with Crippen molar-refractivity contribution >= 4 is 5.91 Å². The van der Waals surface area contributed by atoms with Crippen LogP contribution in [0.5, 0.6) is 0 Å². The van der Waals surface area contributed by atoms with Crippen LogP contribution < -0.4 is 0 Å². The molecular formula is C15H23N3O. The average molecular weight is 261 g/mol. The molecule has 104 valence electrons. The molecule has 0 N–H and O–H groups in total. The van der Waals surface area contributed by atoms with Gasteiger partial charge in [0.05, 0.1) is 5.69 Å². The van der Waals surface area contributed by atoms with Crippen LogP contribution >= 0.6 is 0 Å². The summed E-state index contributed by atoms with van der Waals surface area (Å²) in [5.41, 5.74) is 1.10. The second kappa shape index (κ2) is 7.24. The van der Waals surface area contributed by atoms with Crippen LogP contribution in [0, 0.1) is 0 Å². The molecule has 4 nitrogen and oxygen atoms in total. The lowest BCUT2D eigenvalue weighted by Crippen LogP contribution is -2.48. The van der Waals surface area contributed by atoms with Crippen LogP contribution in [0.15, 0.2) is 24.4 Å². The van der Waals surface area contributed by atoms with Crippen molar-refractivity contribution in [1.29, 1.82) is 0 Å². The molecule has 0 aromatic carbocycles. The van der Waals surface area contributed by atoms with Crippen molar-refractivity contribution in [2.24, 2.45) is 0 Å². The molecule has 2 rings (SSSR count). The number of piperazine rings is 1. The zero-order valence-electron chi connectivity index (χ0n) is 11.7. The topological polar surface area (TPSA) is 36.4 Å². The molecule has 1 aromatic rings. The van der Waals surface area contributed by atoms with E-state index in [-0.39, 0.29) is 0 Å². The van der Waals surface area contributed by atoms with Gasteiger partial charge in [0.1, 0.15) is 0 Å². The summed E-state index contributed by atoms with van der Waals surface area (Å²) in [5.74, 6) is 0.319. The van der Waals surface area contributed by atoms with Gasteiger partial charge >= 0.3 is 0 Å². The summed E-state index contributed by atoms with van der Waals surface area (Å²) in [6, 6.07) is 6.01. The van der Waals surface area contributed by atoms with E-state index in [1.807, 2.05) is 23.2 Å². The summed E-state index contributed by atoms with van der Waals surface area (Å²) in [5, 5.41) is 0. The molecule has 4 heteroatoms. The first-order chi connectivity index (χ1) is 9.29. The van der Waals surface area contributed by atoms with E-state index in [2.05, 4.69) is 22.9 Å². The van der Waals surface area contributed by atoms with Crippen LogP contribution in [0.2, 0.25) is 0 Å². The van der Waals surface area contributed by atoms with Crippen molar-refractivity contribution < 1.29 is 4.79 Å². The minimum atomic E-state index is 0.319. The smallest absolute Gasteiger partial charge is 0.222 e. The van der Waals surface area contributed by atoms with Crippen molar-refractivity contribution in [3.8, 4) is 0 Å². The molecule has 1 saturated heterocycles. The first kappa shape index (κ1) is 14.0. The van der Waals surface area contributed by atoms with Crippen LogP contribution in [0.4, 0.5) is 0 Å². The number of amides is 1. The molecule has 1 aliphatic heterocycles. The molecule has 1 amide bonds. The molecule has 0 saturated carbocycles.